The number of amides is 2. The largest absolute Gasteiger partial charge is 0.341 e. The van der Waals surface area contributed by atoms with Gasteiger partial charge in [0, 0.05) is 6.20 Å². The monoisotopic (exact) mass is 233 g/mol. The second-order valence-electron chi connectivity index (χ2n) is 3.56. The molecule has 0 saturated heterocycles. The van der Waals surface area contributed by atoms with E-state index in [9.17, 15) is 9.59 Å². The van der Waals surface area contributed by atoms with Crippen LogP contribution in [0.5, 0.6) is 0 Å². The minimum atomic E-state index is -0.625. The third-order valence-corrected chi connectivity index (χ3v) is 2.20. The Morgan fingerprint density at radius 3 is 2.82 bits per heavy atom. The highest BCUT2D eigenvalue weighted by atomic mass is 16.2. The van der Waals surface area contributed by atoms with Gasteiger partial charge in [-0.3, -0.25) is 14.6 Å². The average molecular weight is 233 g/mol. The third-order valence-electron chi connectivity index (χ3n) is 2.20. The van der Waals surface area contributed by atoms with Gasteiger partial charge in [-0.25, -0.2) is 0 Å². The Morgan fingerprint density at radius 1 is 1.53 bits per heavy atom. The predicted octanol–water partition coefficient (Wildman–Crippen LogP) is 1.02. The van der Waals surface area contributed by atoms with Gasteiger partial charge >= 0.3 is 0 Å². The molecule has 17 heavy (non-hydrogen) atoms. The summed E-state index contributed by atoms with van der Waals surface area (Å²) < 4.78 is 0. The summed E-state index contributed by atoms with van der Waals surface area (Å²) in [6.45, 7) is 6.71. The van der Waals surface area contributed by atoms with Crippen LogP contribution < -0.4 is 10.6 Å². The average Bonchev–Trinajstić information content (AvgIpc) is 2.31. The van der Waals surface area contributed by atoms with Crippen molar-refractivity contribution < 1.29 is 9.59 Å². The summed E-state index contributed by atoms with van der Waals surface area (Å²) in [5, 5.41) is 5.17. The third kappa shape index (κ3) is 3.71. The fourth-order valence-electron chi connectivity index (χ4n) is 1.20. The van der Waals surface area contributed by atoms with E-state index >= 15 is 0 Å². The van der Waals surface area contributed by atoms with Crippen LogP contribution in [0.25, 0.3) is 0 Å². The van der Waals surface area contributed by atoms with Crippen LogP contribution in [0.15, 0.2) is 31.0 Å². The Bertz CT molecular complexity index is 443. The van der Waals surface area contributed by atoms with E-state index in [1.54, 1.807) is 32.2 Å². The number of pyridine rings is 1. The van der Waals surface area contributed by atoms with Crippen LogP contribution in [0.2, 0.25) is 0 Å². The maximum atomic E-state index is 11.7. The highest BCUT2D eigenvalue weighted by molar-refractivity contribution is 5.98. The van der Waals surface area contributed by atoms with E-state index in [1.807, 2.05) is 0 Å². The molecule has 5 nitrogen and oxygen atoms in total. The number of hydrogen-bond acceptors (Lipinski definition) is 3. The Balaban J connectivity index is 2.63. The highest BCUT2D eigenvalue weighted by Crippen LogP contribution is 2.10. The van der Waals surface area contributed by atoms with E-state index in [2.05, 4.69) is 22.2 Å². The van der Waals surface area contributed by atoms with Crippen LogP contribution in [-0.4, -0.2) is 22.8 Å². The first kappa shape index (κ1) is 12.9. The zero-order chi connectivity index (χ0) is 12.8. The van der Waals surface area contributed by atoms with Crippen LogP contribution in [0.4, 0.5) is 5.69 Å². The van der Waals surface area contributed by atoms with Crippen LogP contribution >= 0.6 is 0 Å². The summed E-state index contributed by atoms with van der Waals surface area (Å²) in [7, 11) is 0. The number of carbonyl (C=O) groups is 2. The van der Waals surface area contributed by atoms with Crippen molar-refractivity contribution in [2.24, 2.45) is 0 Å². The second kappa shape index (κ2) is 5.79. The molecule has 0 aliphatic carbocycles. The summed E-state index contributed by atoms with van der Waals surface area (Å²) in [5.41, 5.74) is 1.36. The quantitative estimate of drug-likeness (QED) is 0.763. The van der Waals surface area contributed by atoms with E-state index in [-0.39, 0.29) is 11.8 Å². The predicted molar refractivity (Wildman–Crippen MR) is 65.4 cm³/mol. The smallest absolute Gasteiger partial charge is 0.246 e. The number of nitrogens with one attached hydrogen (secondary N) is 2. The van der Waals surface area contributed by atoms with Gasteiger partial charge in [0.2, 0.25) is 11.8 Å². The Labute approximate surface area is 99.9 Å². The molecule has 0 unspecified atom stereocenters. The van der Waals surface area contributed by atoms with E-state index in [0.29, 0.717) is 5.69 Å². The first-order valence-electron chi connectivity index (χ1n) is 5.20. The van der Waals surface area contributed by atoms with Crippen LogP contribution in [-0.2, 0) is 9.59 Å². The highest BCUT2D eigenvalue weighted by Gasteiger charge is 2.14. The van der Waals surface area contributed by atoms with Gasteiger partial charge < -0.3 is 10.6 Å². The van der Waals surface area contributed by atoms with Gasteiger partial charge in [-0.1, -0.05) is 6.58 Å². The van der Waals surface area contributed by atoms with Gasteiger partial charge in [0.1, 0.15) is 6.04 Å². The summed E-state index contributed by atoms with van der Waals surface area (Å²) in [4.78, 5) is 26.8. The van der Waals surface area contributed by atoms with Crippen molar-refractivity contribution >= 4 is 17.5 Å². The molecule has 0 aromatic carbocycles. The first-order valence-corrected chi connectivity index (χ1v) is 5.20. The van der Waals surface area contributed by atoms with E-state index in [0.717, 1.165) is 11.8 Å². The summed E-state index contributed by atoms with van der Waals surface area (Å²) in [6.07, 6.45) is 2.77. The van der Waals surface area contributed by atoms with E-state index < -0.39 is 6.04 Å². The molecule has 90 valence electrons. The number of carbonyl (C=O) groups excluding carboxylic acids is 2. The topological polar surface area (TPSA) is 71.1 Å². The first-order chi connectivity index (χ1) is 8.04. The van der Waals surface area contributed by atoms with Crippen LogP contribution in [0.1, 0.15) is 12.6 Å². The molecular weight excluding hydrogens is 218 g/mol. The van der Waals surface area contributed by atoms with Gasteiger partial charge in [0.25, 0.3) is 0 Å². The SMILES string of the molecule is C=CC(=O)N[C@@H](C)C(=O)Nc1cccnc1C. The number of aryl methyl sites for hydroxylation is 1. The lowest BCUT2D eigenvalue weighted by molar-refractivity contribution is -0.123. The minimum Gasteiger partial charge on any atom is -0.341 e. The molecule has 0 aliphatic rings. The number of nitrogens with zero attached hydrogens (tertiary/aromatic N) is 1. The molecule has 1 aromatic heterocycles. The Morgan fingerprint density at radius 2 is 2.24 bits per heavy atom. The lowest BCUT2D eigenvalue weighted by Crippen LogP contribution is -2.40. The fourth-order valence-corrected chi connectivity index (χ4v) is 1.20. The molecule has 2 amide bonds. The molecular formula is C12H15N3O2. The number of aromatic nitrogens is 1. The Hall–Kier alpha value is -2.17. The van der Waals surface area contributed by atoms with Crippen molar-refractivity contribution in [1.29, 1.82) is 0 Å². The van der Waals surface area contributed by atoms with Crippen molar-refractivity contribution in [3.8, 4) is 0 Å². The second-order valence-corrected chi connectivity index (χ2v) is 3.56. The number of hydrogen-bond donors (Lipinski definition) is 2. The lowest BCUT2D eigenvalue weighted by Gasteiger charge is -2.13. The molecule has 0 saturated carbocycles. The number of rotatable bonds is 4. The van der Waals surface area contributed by atoms with Crippen molar-refractivity contribution in [3.63, 3.8) is 0 Å². The van der Waals surface area contributed by atoms with E-state index in [1.165, 1.54) is 0 Å². The van der Waals surface area contributed by atoms with Crippen molar-refractivity contribution in [2.45, 2.75) is 19.9 Å². The number of anilines is 1. The van der Waals surface area contributed by atoms with Crippen LogP contribution in [0.3, 0.4) is 0 Å². The summed E-state index contributed by atoms with van der Waals surface area (Å²) in [6, 6.07) is 2.86. The zero-order valence-electron chi connectivity index (χ0n) is 9.86. The molecule has 1 rings (SSSR count). The standard InChI is InChI=1S/C12H15N3O2/c1-4-11(16)14-9(3)12(17)15-10-6-5-7-13-8(10)2/h4-7,9H,1H2,2-3H3,(H,14,16)(H,15,17)/t9-/m0/s1. The summed E-state index contributed by atoms with van der Waals surface area (Å²) in [5.74, 6) is -0.674. The minimum absolute atomic E-state index is 0.295. The van der Waals surface area contributed by atoms with Crippen LogP contribution in [0, 0.1) is 6.92 Å². The molecule has 0 spiro atoms. The van der Waals surface area contributed by atoms with Gasteiger partial charge in [-0.2, -0.15) is 0 Å². The maximum absolute atomic E-state index is 11.7. The summed E-state index contributed by atoms with van der Waals surface area (Å²) >= 11 is 0. The van der Waals surface area contributed by atoms with Crippen molar-refractivity contribution in [1.82, 2.24) is 10.3 Å². The van der Waals surface area contributed by atoms with E-state index in [4.69, 9.17) is 0 Å². The van der Waals surface area contributed by atoms with Gasteiger partial charge in [0.05, 0.1) is 11.4 Å². The van der Waals surface area contributed by atoms with Crippen molar-refractivity contribution in [2.75, 3.05) is 5.32 Å². The Kier molecular flexibility index (Phi) is 4.39. The van der Waals surface area contributed by atoms with Crippen molar-refractivity contribution in [3.05, 3.63) is 36.7 Å². The molecule has 0 aliphatic heterocycles. The van der Waals surface area contributed by atoms with Gasteiger partial charge in [-0.05, 0) is 32.1 Å². The molecule has 0 radical (unpaired) electrons. The maximum Gasteiger partial charge on any atom is 0.246 e. The van der Waals surface area contributed by atoms with Gasteiger partial charge in [0.15, 0.2) is 0 Å². The molecule has 0 fully saturated rings. The molecule has 1 aromatic rings. The molecule has 1 atom stereocenters. The molecule has 5 heteroatoms. The zero-order valence-corrected chi connectivity index (χ0v) is 9.86. The molecule has 0 bridgehead atoms. The normalized spacial score (nSPS) is 11.4. The van der Waals surface area contributed by atoms with Gasteiger partial charge in [-0.15, -0.1) is 0 Å². The molecule has 2 N–H and O–H groups in total. The fraction of sp³-hybridized carbons (Fsp3) is 0.250. The molecule has 1 heterocycles. The lowest BCUT2D eigenvalue weighted by atomic mass is 10.2.